The van der Waals surface area contributed by atoms with Gasteiger partial charge in [-0.05, 0) is 6.92 Å². The molecule has 2 rings (SSSR count). The Hall–Kier alpha value is -1.42. The molecule has 0 atom stereocenters. The monoisotopic (exact) mass is 282 g/mol. The highest BCUT2D eigenvalue weighted by atomic mass is 31.2. The molecule has 1 heterocycles. The lowest BCUT2D eigenvalue weighted by Crippen LogP contribution is -2.02. The van der Waals surface area contributed by atoms with Gasteiger partial charge in [-0.2, -0.15) is 0 Å². The molecule has 1 fully saturated rings. The van der Waals surface area contributed by atoms with Crippen LogP contribution < -0.4 is 0 Å². The maximum Gasteiger partial charge on any atom is 0.397 e. The van der Waals surface area contributed by atoms with Gasteiger partial charge in [0.2, 0.25) is 0 Å². The van der Waals surface area contributed by atoms with Crippen molar-refractivity contribution < 1.29 is 23.1 Å². The predicted molar refractivity (Wildman–Crippen MR) is 71.0 cm³/mol. The van der Waals surface area contributed by atoms with Crippen LogP contribution in [-0.2, 0) is 23.1 Å². The number of carbonyl (C=O) groups is 1. The molecule has 19 heavy (non-hydrogen) atoms. The fraction of sp³-hybridized carbons (Fsp3) is 0.308. The van der Waals surface area contributed by atoms with Crippen molar-refractivity contribution in [1.29, 1.82) is 0 Å². The highest BCUT2D eigenvalue weighted by Gasteiger charge is 2.23. The Morgan fingerprint density at radius 3 is 2.63 bits per heavy atom. The first kappa shape index (κ1) is 14.0. The Morgan fingerprint density at radius 1 is 1.32 bits per heavy atom. The van der Waals surface area contributed by atoms with Crippen molar-refractivity contribution in [1.82, 2.24) is 0 Å². The van der Waals surface area contributed by atoms with Gasteiger partial charge >= 0.3 is 14.6 Å². The minimum atomic E-state index is -1.42. The van der Waals surface area contributed by atoms with Crippen LogP contribution >= 0.6 is 8.60 Å². The standard InChI is InChI=1S/C13H15O5P/c1-2-15-13(14)10-12(11-6-4-3-5-7-11)18-19-16-8-9-17-19/h3-7,10H,2,8-9H2,1H3. The Labute approximate surface area is 113 Å². The van der Waals surface area contributed by atoms with Crippen LogP contribution in [0.5, 0.6) is 0 Å². The zero-order valence-electron chi connectivity index (χ0n) is 10.6. The first-order chi connectivity index (χ1) is 9.29. The highest BCUT2D eigenvalue weighted by Crippen LogP contribution is 2.47. The van der Waals surface area contributed by atoms with Crippen LogP contribution in [0.15, 0.2) is 36.4 Å². The average molecular weight is 282 g/mol. The number of esters is 1. The fourth-order valence-electron chi connectivity index (χ4n) is 1.45. The molecule has 1 aliphatic rings. The highest BCUT2D eigenvalue weighted by molar-refractivity contribution is 7.42. The van der Waals surface area contributed by atoms with Gasteiger partial charge < -0.3 is 18.3 Å². The van der Waals surface area contributed by atoms with Crippen LogP contribution in [0, 0.1) is 0 Å². The summed E-state index contributed by atoms with van der Waals surface area (Å²) < 4.78 is 21.0. The normalized spacial score (nSPS) is 16.4. The van der Waals surface area contributed by atoms with Crippen molar-refractivity contribution in [3.63, 3.8) is 0 Å². The number of benzene rings is 1. The fourth-order valence-corrected chi connectivity index (χ4v) is 2.40. The zero-order valence-corrected chi connectivity index (χ0v) is 11.5. The molecular formula is C13H15O5P. The maximum absolute atomic E-state index is 11.5. The molecule has 1 aromatic carbocycles. The van der Waals surface area contributed by atoms with Crippen molar-refractivity contribution >= 4 is 20.3 Å². The summed E-state index contributed by atoms with van der Waals surface area (Å²) in [7, 11) is -1.42. The summed E-state index contributed by atoms with van der Waals surface area (Å²) in [5, 5.41) is 0. The molecule has 6 heteroatoms. The molecule has 0 aromatic heterocycles. The van der Waals surface area contributed by atoms with E-state index in [1.807, 2.05) is 30.3 Å². The van der Waals surface area contributed by atoms with Crippen LogP contribution in [-0.4, -0.2) is 25.8 Å². The second kappa shape index (κ2) is 7.24. The van der Waals surface area contributed by atoms with Gasteiger partial charge in [0.15, 0.2) is 0 Å². The van der Waals surface area contributed by atoms with Crippen LogP contribution in [0.25, 0.3) is 5.76 Å². The number of hydrogen-bond donors (Lipinski definition) is 0. The van der Waals surface area contributed by atoms with Gasteiger partial charge in [0, 0.05) is 5.56 Å². The molecule has 102 valence electrons. The van der Waals surface area contributed by atoms with Crippen LogP contribution in [0.3, 0.4) is 0 Å². The molecule has 1 saturated heterocycles. The third-order valence-corrected chi connectivity index (χ3v) is 3.38. The first-order valence-electron chi connectivity index (χ1n) is 5.97. The Balaban J connectivity index is 2.15. The van der Waals surface area contributed by atoms with E-state index >= 15 is 0 Å². The van der Waals surface area contributed by atoms with E-state index in [1.54, 1.807) is 6.92 Å². The quantitative estimate of drug-likeness (QED) is 0.360. The van der Waals surface area contributed by atoms with Gasteiger partial charge in [-0.1, -0.05) is 30.3 Å². The van der Waals surface area contributed by atoms with Crippen molar-refractivity contribution in [2.45, 2.75) is 6.92 Å². The molecular weight excluding hydrogens is 267 g/mol. The van der Waals surface area contributed by atoms with E-state index in [1.165, 1.54) is 6.08 Å². The topological polar surface area (TPSA) is 54.0 Å². The number of rotatable bonds is 5. The predicted octanol–water partition coefficient (Wildman–Crippen LogP) is 2.88. The summed E-state index contributed by atoms with van der Waals surface area (Å²) in [5.74, 6) is -0.0531. The summed E-state index contributed by atoms with van der Waals surface area (Å²) >= 11 is 0. The maximum atomic E-state index is 11.5. The largest absolute Gasteiger partial charge is 0.463 e. The van der Waals surface area contributed by atoms with Gasteiger partial charge in [-0.15, -0.1) is 0 Å². The van der Waals surface area contributed by atoms with Gasteiger partial charge in [0.05, 0.1) is 25.9 Å². The van der Waals surface area contributed by atoms with E-state index < -0.39 is 14.6 Å². The molecule has 5 nitrogen and oxygen atoms in total. The van der Waals surface area contributed by atoms with Crippen LogP contribution in [0.2, 0.25) is 0 Å². The van der Waals surface area contributed by atoms with E-state index in [0.29, 0.717) is 25.6 Å². The number of hydrogen-bond acceptors (Lipinski definition) is 5. The average Bonchev–Trinajstić information content (AvgIpc) is 2.92. The van der Waals surface area contributed by atoms with Gasteiger partial charge in [-0.3, -0.25) is 0 Å². The zero-order chi connectivity index (χ0) is 13.5. The lowest BCUT2D eigenvalue weighted by molar-refractivity contribution is -0.137. The lowest BCUT2D eigenvalue weighted by Gasteiger charge is -2.12. The van der Waals surface area contributed by atoms with Crippen molar-refractivity contribution in [3.05, 3.63) is 42.0 Å². The van der Waals surface area contributed by atoms with Crippen molar-refractivity contribution in [2.75, 3.05) is 19.8 Å². The molecule has 0 amide bonds. The van der Waals surface area contributed by atoms with Crippen LogP contribution in [0.1, 0.15) is 12.5 Å². The minimum absolute atomic E-state index is 0.319. The van der Waals surface area contributed by atoms with Crippen molar-refractivity contribution in [2.24, 2.45) is 0 Å². The van der Waals surface area contributed by atoms with E-state index in [9.17, 15) is 4.79 Å². The molecule has 0 unspecified atom stereocenters. The number of carbonyl (C=O) groups excluding carboxylic acids is 1. The molecule has 0 aliphatic carbocycles. The SMILES string of the molecule is CCOC(=O)C=C(OP1OCCO1)c1ccccc1. The van der Waals surface area contributed by atoms with E-state index in [2.05, 4.69) is 0 Å². The second-order valence-corrected chi connectivity index (χ2v) is 4.75. The van der Waals surface area contributed by atoms with Crippen LogP contribution in [0.4, 0.5) is 0 Å². The molecule has 0 bridgehead atoms. The smallest absolute Gasteiger partial charge is 0.397 e. The van der Waals surface area contributed by atoms with E-state index in [0.717, 1.165) is 5.56 Å². The molecule has 1 aromatic rings. The first-order valence-corrected chi connectivity index (χ1v) is 7.07. The second-order valence-electron chi connectivity index (χ2n) is 3.61. The lowest BCUT2D eigenvalue weighted by atomic mass is 10.2. The summed E-state index contributed by atoms with van der Waals surface area (Å²) in [5.41, 5.74) is 0.775. The molecule has 0 saturated carbocycles. The molecule has 0 spiro atoms. The van der Waals surface area contributed by atoms with Crippen molar-refractivity contribution in [3.8, 4) is 0 Å². The molecule has 1 aliphatic heterocycles. The third-order valence-electron chi connectivity index (χ3n) is 2.24. The minimum Gasteiger partial charge on any atom is -0.463 e. The van der Waals surface area contributed by atoms with Gasteiger partial charge in [0.25, 0.3) is 0 Å². The summed E-state index contributed by atoms with van der Waals surface area (Å²) in [6.07, 6.45) is 1.31. The summed E-state index contributed by atoms with van der Waals surface area (Å²) in [4.78, 5) is 11.5. The van der Waals surface area contributed by atoms with Gasteiger partial charge in [-0.25, -0.2) is 4.79 Å². The third kappa shape index (κ3) is 4.31. The van der Waals surface area contributed by atoms with E-state index in [-0.39, 0.29) is 0 Å². The Bertz CT molecular complexity index is 440. The van der Waals surface area contributed by atoms with E-state index in [4.69, 9.17) is 18.3 Å². The Morgan fingerprint density at radius 2 is 2.00 bits per heavy atom. The summed E-state index contributed by atoms with van der Waals surface area (Å²) in [6, 6.07) is 9.30. The number of ether oxygens (including phenoxy) is 1. The van der Waals surface area contributed by atoms with Gasteiger partial charge in [0.1, 0.15) is 5.76 Å². The molecule has 0 radical (unpaired) electrons. The Kier molecular flexibility index (Phi) is 5.33. The molecule has 0 N–H and O–H groups in total. The summed E-state index contributed by atoms with van der Waals surface area (Å²) in [6.45, 7) is 3.08.